The van der Waals surface area contributed by atoms with E-state index in [0.29, 0.717) is 42.1 Å². The highest BCUT2D eigenvalue weighted by Gasteiger charge is 2.26. The first kappa shape index (κ1) is 30.7. The van der Waals surface area contributed by atoms with Crippen molar-refractivity contribution in [1.29, 1.82) is 0 Å². The lowest BCUT2D eigenvalue weighted by Gasteiger charge is -2.39. The van der Waals surface area contributed by atoms with E-state index in [1.807, 2.05) is 52.0 Å². The number of carbonyl (C=O) groups is 1. The molecule has 3 aromatic rings. The first-order valence-electron chi connectivity index (χ1n) is 14.0. The second-order valence-electron chi connectivity index (χ2n) is 11.0. The van der Waals surface area contributed by atoms with Crippen molar-refractivity contribution < 1.29 is 32.9 Å². The van der Waals surface area contributed by atoms with E-state index in [0.717, 1.165) is 39.3 Å². The van der Waals surface area contributed by atoms with Crippen molar-refractivity contribution >= 4 is 22.2 Å². The van der Waals surface area contributed by atoms with E-state index in [4.69, 9.17) is 14.6 Å². The summed E-state index contributed by atoms with van der Waals surface area (Å²) in [6, 6.07) is 14.9. The Kier molecular flexibility index (Phi) is 9.84. The van der Waals surface area contributed by atoms with Crippen LogP contribution >= 0.6 is 10.6 Å². The maximum atomic E-state index is 14.5. The quantitative estimate of drug-likeness (QED) is 0.182. The summed E-state index contributed by atoms with van der Waals surface area (Å²) < 4.78 is 46.8. The number of rotatable bonds is 11. The molecule has 1 fully saturated rings. The second-order valence-corrected chi connectivity index (χ2v) is 13.4. The third-order valence-corrected chi connectivity index (χ3v) is 8.96. The molecule has 0 aromatic heterocycles. The van der Waals surface area contributed by atoms with Crippen molar-refractivity contribution in [3.8, 4) is 22.6 Å². The molecule has 7 nitrogen and oxygen atoms in total. The van der Waals surface area contributed by atoms with Crippen LogP contribution in [0.2, 0.25) is 0 Å². The minimum atomic E-state index is -2.46. The lowest BCUT2D eigenvalue weighted by atomic mass is 9.93. The van der Waals surface area contributed by atoms with Crippen molar-refractivity contribution in [3.63, 3.8) is 0 Å². The van der Waals surface area contributed by atoms with Gasteiger partial charge in [0.15, 0.2) is 0 Å². The Morgan fingerprint density at radius 3 is 2.34 bits per heavy atom. The number of anilines is 1. The maximum absolute atomic E-state index is 14.5. The lowest BCUT2D eigenvalue weighted by Crippen LogP contribution is -2.28. The van der Waals surface area contributed by atoms with Gasteiger partial charge in [-0.3, -0.25) is 13.9 Å². The lowest BCUT2D eigenvalue weighted by molar-refractivity contribution is -0.136. The second kappa shape index (κ2) is 13.1. The molecule has 1 aliphatic rings. The van der Waals surface area contributed by atoms with Crippen LogP contribution in [0.1, 0.15) is 55.4 Å². The van der Waals surface area contributed by atoms with E-state index in [9.17, 15) is 18.3 Å². The number of halogens is 1. The van der Waals surface area contributed by atoms with Crippen molar-refractivity contribution in [2.45, 2.75) is 72.1 Å². The summed E-state index contributed by atoms with van der Waals surface area (Å²) in [7, 11) is -2.46. The molecule has 4 N–H and O–H groups in total. The van der Waals surface area contributed by atoms with Crippen molar-refractivity contribution in [2.75, 3.05) is 16.8 Å². The van der Waals surface area contributed by atoms with Crippen LogP contribution in [0.25, 0.3) is 11.1 Å². The number of hydrogen-bond acceptors (Lipinski definition) is 6. The van der Waals surface area contributed by atoms with E-state index in [-0.39, 0.29) is 25.0 Å². The first-order valence-corrected chi connectivity index (χ1v) is 15.8. The third-order valence-electron chi connectivity index (χ3n) is 7.18. The highest BCUT2D eigenvalue weighted by Crippen LogP contribution is 2.45. The third kappa shape index (κ3) is 8.38. The molecule has 0 unspecified atom stereocenters. The average Bonchev–Trinajstić information content (AvgIpc) is 2.88. The Morgan fingerprint density at radius 2 is 1.73 bits per heavy atom. The molecule has 1 heterocycles. The molecule has 222 valence electrons. The van der Waals surface area contributed by atoms with E-state index < -0.39 is 22.4 Å². The van der Waals surface area contributed by atoms with Crippen LogP contribution < -0.4 is 14.8 Å². The molecule has 3 aromatic carbocycles. The molecule has 4 rings (SSSR count). The van der Waals surface area contributed by atoms with E-state index in [2.05, 4.69) is 11.4 Å². The number of carboxylic acids is 1. The highest BCUT2D eigenvalue weighted by atomic mass is 32.3. The molecule has 9 heteroatoms. The van der Waals surface area contributed by atoms with Crippen LogP contribution in [0.4, 0.5) is 10.1 Å². The minimum Gasteiger partial charge on any atom is -0.490 e. The number of nitrogens with one attached hydrogen (secondary N) is 1. The Labute approximate surface area is 243 Å². The van der Waals surface area contributed by atoms with E-state index in [1.165, 1.54) is 6.07 Å². The van der Waals surface area contributed by atoms with Gasteiger partial charge in [-0.15, -0.1) is 0 Å². The standard InChI is InChI=1S/C32H40FNO6S/c1-20(2)39-30-9-5-23(19-34-25-8-6-24(29(33)18-25)7-10-31(35)36)17-28(30)32-21(3)15-27(16-22(32)4)40-26-11-13-41(37,38)14-12-26/h5-6,8-9,15-18,20,26,34,37-38H,7,10-14,19H2,1-4H3,(H,35,36). The van der Waals surface area contributed by atoms with Gasteiger partial charge in [0.25, 0.3) is 0 Å². The van der Waals surface area contributed by atoms with Gasteiger partial charge in [-0.25, -0.2) is 4.39 Å². The average molecular weight is 586 g/mol. The molecule has 1 saturated heterocycles. The summed E-state index contributed by atoms with van der Waals surface area (Å²) in [6.07, 6.45) is 1.24. The van der Waals surface area contributed by atoms with Gasteiger partial charge in [0.05, 0.1) is 6.10 Å². The van der Waals surface area contributed by atoms with Crippen LogP contribution in [0.3, 0.4) is 0 Å². The molecular weight excluding hydrogens is 545 g/mol. The zero-order valence-corrected chi connectivity index (χ0v) is 24.9. The van der Waals surface area contributed by atoms with Gasteiger partial charge in [0, 0.05) is 48.6 Å². The zero-order valence-electron chi connectivity index (χ0n) is 24.1. The SMILES string of the molecule is Cc1cc(OC2CCS(O)(O)CC2)cc(C)c1-c1cc(CNc2ccc(CCC(=O)O)c(F)c2)ccc1OC(C)C. The van der Waals surface area contributed by atoms with Crippen LogP contribution in [0.15, 0.2) is 48.5 Å². The molecule has 1 aliphatic heterocycles. The smallest absolute Gasteiger partial charge is 0.303 e. The van der Waals surface area contributed by atoms with E-state index in [1.54, 1.807) is 12.1 Å². The zero-order chi connectivity index (χ0) is 29.7. The Morgan fingerprint density at radius 1 is 1.05 bits per heavy atom. The topological polar surface area (TPSA) is 108 Å². The summed E-state index contributed by atoms with van der Waals surface area (Å²) in [6.45, 7) is 8.54. The molecule has 41 heavy (non-hydrogen) atoms. The van der Waals surface area contributed by atoms with Crippen molar-refractivity contribution in [1.82, 2.24) is 0 Å². The van der Waals surface area contributed by atoms with Gasteiger partial charge in [0.1, 0.15) is 23.4 Å². The van der Waals surface area contributed by atoms with Gasteiger partial charge in [-0.05, 0) is 98.3 Å². The number of aliphatic carboxylic acids is 1. The minimum absolute atomic E-state index is 0.0119. The Bertz CT molecular complexity index is 1360. The van der Waals surface area contributed by atoms with Gasteiger partial charge >= 0.3 is 5.97 Å². The predicted octanol–water partition coefficient (Wildman–Crippen LogP) is 7.82. The summed E-state index contributed by atoms with van der Waals surface area (Å²) >= 11 is 0. The monoisotopic (exact) mass is 585 g/mol. The van der Waals surface area contributed by atoms with Crippen LogP contribution in [0.5, 0.6) is 11.5 Å². The number of hydrogen-bond donors (Lipinski definition) is 4. The van der Waals surface area contributed by atoms with Gasteiger partial charge < -0.3 is 19.9 Å². The van der Waals surface area contributed by atoms with Crippen LogP contribution in [-0.2, 0) is 17.8 Å². The summed E-state index contributed by atoms with van der Waals surface area (Å²) in [4.78, 5) is 10.8. The Hall–Kier alpha value is -3.27. The normalized spacial score (nSPS) is 15.9. The molecule has 0 bridgehead atoms. The molecule has 0 aliphatic carbocycles. The van der Waals surface area contributed by atoms with Crippen LogP contribution in [0, 0.1) is 19.7 Å². The fourth-order valence-electron chi connectivity index (χ4n) is 5.16. The fraction of sp³-hybridized carbons (Fsp3) is 0.406. The van der Waals surface area contributed by atoms with Gasteiger partial charge in [-0.1, -0.05) is 12.1 Å². The molecular formula is C32H40FNO6S. The van der Waals surface area contributed by atoms with Crippen LogP contribution in [-0.4, -0.2) is 43.9 Å². The van der Waals surface area contributed by atoms with Crippen molar-refractivity contribution in [3.05, 3.63) is 76.6 Å². The number of ether oxygens (including phenoxy) is 2. The summed E-state index contributed by atoms with van der Waals surface area (Å²) in [5.41, 5.74) is 6.09. The van der Waals surface area contributed by atoms with Crippen molar-refractivity contribution in [2.24, 2.45) is 0 Å². The number of carboxylic acid groups (broad SMARTS) is 1. The fourth-order valence-corrected chi connectivity index (χ4v) is 6.64. The maximum Gasteiger partial charge on any atom is 0.303 e. The van der Waals surface area contributed by atoms with Gasteiger partial charge in [0.2, 0.25) is 0 Å². The molecule has 0 amide bonds. The largest absolute Gasteiger partial charge is 0.490 e. The van der Waals surface area contributed by atoms with E-state index >= 15 is 0 Å². The number of benzene rings is 3. The molecule has 0 radical (unpaired) electrons. The Balaban J connectivity index is 1.54. The molecule has 0 saturated carbocycles. The highest BCUT2D eigenvalue weighted by molar-refractivity contribution is 8.24. The summed E-state index contributed by atoms with van der Waals surface area (Å²) in [5.74, 6) is 0.928. The first-order chi connectivity index (χ1) is 19.4. The van der Waals surface area contributed by atoms with Gasteiger partial charge in [-0.2, -0.15) is 10.6 Å². The molecule has 0 atom stereocenters. The predicted molar refractivity (Wildman–Crippen MR) is 163 cm³/mol. The number of aryl methyl sites for hydroxylation is 3. The molecule has 0 spiro atoms. The summed E-state index contributed by atoms with van der Waals surface area (Å²) in [5, 5.41) is 12.1.